The first-order valence-corrected chi connectivity index (χ1v) is 18.6. The lowest BCUT2D eigenvalue weighted by Gasteiger charge is -2.46. The van der Waals surface area contributed by atoms with Gasteiger partial charge in [-0.15, -0.1) is 0 Å². The molecule has 23 heavy (non-hydrogen) atoms. The Morgan fingerprint density at radius 1 is 0.696 bits per heavy atom. The fourth-order valence-corrected chi connectivity index (χ4v) is 5.64. The van der Waals surface area contributed by atoms with Crippen LogP contribution in [0.5, 0.6) is 0 Å². The fourth-order valence-electron chi connectivity index (χ4n) is 2.57. The third-order valence-electron chi connectivity index (χ3n) is 3.12. The van der Waals surface area contributed by atoms with Gasteiger partial charge in [0, 0.05) is 7.11 Å². The molecule has 1 heterocycles. The van der Waals surface area contributed by atoms with Crippen molar-refractivity contribution in [2.75, 3.05) is 13.7 Å². The molecule has 0 amide bonds. The first-order chi connectivity index (χ1) is 10.2. The molecule has 0 saturated carbocycles. The largest absolute Gasteiger partial charge is 0.410 e. The molecule has 1 aliphatic rings. The Kier molecular flexibility index (Phi) is 7.27. The van der Waals surface area contributed by atoms with E-state index in [-0.39, 0.29) is 24.6 Å². The molecule has 1 rings (SSSR count). The van der Waals surface area contributed by atoms with Crippen LogP contribution in [0, 0.1) is 0 Å². The van der Waals surface area contributed by atoms with Gasteiger partial charge in [-0.2, -0.15) is 0 Å². The van der Waals surface area contributed by atoms with Crippen molar-refractivity contribution in [3.8, 4) is 0 Å². The summed E-state index contributed by atoms with van der Waals surface area (Å²) in [5, 5.41) is 0. The van der Waals surface area contributed by atoms with Gasteiger partial charge in [-0.05, 0) is 58.9 Å². The summed E-state index contributed by atoms with van der Waals surface area (Å²) in [6, 6.07) is 0. The Morgan fingerprint density at radius 2 is 1.17 bits per heavy atom. The number of methoxy groups -OCH3 is 1. The van der Waals surface area contributed by atoms with Crippen LogP contribution in [0.25, 0.3) is 0 Å². The maximum atomic E-state index is 6.41. The Bertz CT molecular complexity index is 373. The maximum Gasteiger partial charge on any atom is 0.187 e. The zero-order chi connectivity index (χ0) is 18.1. The van der Waals surface area contributed by atoms with E-state index in [9.17, 15) is 0 Å². The molecule has 138 valence electrons. The third kappa shape index (κ3) is 7.91. The minimum absolute atomic E-state index is 0.102. The SMILES string of the molecule is CO[C@H]1[C@H](O[Si](C)(C)C)C(O[Si](C)(C)C)OC[C@H]1O[Si](C)(C)C. The van der Waals surface area contributed by atoms with Crippen molar-refractivity contribution < 1.29 is 22.8 Å². The molecule has 1 saturated heterocycles. The molecule has 0 aliphatic carbocycles. The van der Waals surface area contributed by atoms with E-state index in [1.54, 1.807) is 7.11 Å². The van der Waals surface area contributed by atoms with Crippen LogP contribution in [-0.2, 0) is 22.8 Å². The fraction of sp³-hybridized carbons (Fsp3) is 1.00. The summed E-state index contributed by atoms with van der Waals surface area (Å²) >= 11 is 0. The number of ether oxygens (including phenoxy) is 2. The van der Waals surface area contributed by atoms with Crippen LogP contribution in [0.4, 0.5) is 0 Å². The highest BCUT2D eigenvalue weighted by Crippen LogP contribution is 2.29. The first kappa shape index (κ1) is 21.5. The molecular weight excluding hydrogens is 344 g/mol. The van der Waals surface area contributed by atoms with E-state index >= 15 is 0 Å². The van der Waals surface area contributed by atoms with E-state index in [1.807, 2.05) is 0 Å². The standard InChI is InChI=1S/C15H36O5Si3/c1-16-13-12(18-21(2,3)4)11-17-15(20-23(8,9)10)14(13)19-22(5,6)7/h12-15H,11H2,1-10H3/t12-,13-,14+,15?/m1/s1. The van der Waals surface area contributed by atoms with E-state index < -0.39 is 25.0 Å². The molecule has 1 unspecified atom stereocenters. The van der Waals surface area contributed by atoms with Crippen molar-refractivity contribution in [1.82, 2.24) is 0 Å². The second kappa shape index (κ2) is 7.77. The third-order valence-corrected chi connectivity index (χ3v) is 6.05. The van der Waals surface area contributed by atoms with E-state index in [1.165, 1.54) is 0 Å². The number of hydrogen-bond donors (Lipinski definition) is 0. The van der Waals surface area contributed by atoms with Gasteiger partial charge in [0.25, 0.3) is 0 Å². The minimum atomic E-state index is -1.78. The zero-order valence-corrected chi connectivity index (χ0v) is 19.6. The lowest BCUT2D eigenvalue weighted by Crippen LogP contribution is -2.61. The van der Waals surface area contributed by atoms with Crippen LogP contribution >= 0.6 is 0 Å². The highest BCUT2D eigenvalue weighted by Gasteiger charge is 2.46. The molecule has 0 radical (unpaired) electrons. The number of rotatable bonds is 7. The Hall–Kier alpha value is 0.451. The van der Waals surface area contributed by atoms with Gasteiger partial charge in [-0.3, -0.25) is 0 Å². The molecule has 0 aromatic rings. The highest BCUT2D eigenvalue weighted by molar-refractivity contribution is 6.70. The van der Waals surface area contributed by atoms with Crippen LogP contribution in [0.3, 0.4) is 0 Å². The molecule has 0 bridgehead atoms. The van der Waals surface area contributed by atoms with Gasteiger partial charge in [0.15, 0.2) is 31.2 Å². The summed E-state index contributed by atoms with van der Waals surface area (Å²) in [7, 11) is -3.50. The lowest BCUT2D eigenvalue weighted by molar-refractivity contribution is -0.242. The Morgan fingerprint density at radius 3 is 1.57 bits per heavy atom. The minimum Gasteiger partial charge on any atom is -0.410 e. The van der Waals surface area contributed by atoms with E-state index in [4.69, 9.17) is 22.8 Å². The topological polar surface area (TPSA) is 46.2 Å². The molecule has 5 nitrogen and oxygen atoms in total. The summed E-state index contributed by atoms with van der Waals surface area (Å²) in [5.74, 6) is 0. The first-order valence-electron chi connectivity index (χ1n) is 8.40. The molecule has 1 aliphatic heterocycles. The van der Waals surface area contributed by atoms with Gasteiger partial charge in [0.2, 0.25) is 0 Å². The van der Waals surface area contributed by atoms with Crippen LogP contribution in [0.15, 0.2) is 0 Å². The molecule has 8 heteroatoms. The Labute approximate surface area is 145 Å². The van der Waals surface area contributed by atoms with Gasteiger partial charge < -0.3 is 22.8 Å². The maximum absolute atomic E-state index is 6.41. The second-order valence-electron chi connectivity index (χ2n) is 9.10. The summed E-state index contributed by atoms with van der Waals surface area (Å²) in [6.45, 7) is 20.0. The highest BCUT2D eigenvalue weighted by atomic mass is 28.4. The van der Waals surface area contributed by atoms with Crippen LogP contribution in [-0.4, -0.2) is 63.3 Å². The van der Waals surface area contributed by atoms with Gasteiger partial charge in [0.1, 0.15) is 12.2 Å². The molecule has 4 atom stereocenters. The summed E-state index contributed by atoms with van der Waals surface area (Å²) in [6.07, 6.45) is -0.883. The predicted molar refractivity (Wildman–Crippen MR) is 101 cm³/mol. The molecule has 1 fully saturated rings. The van der Waals surface area contributed by atoms with Gasteiger partial charge in [-0.25, -0.2) is 0 Å². The molecule has 0 N–H and O–H groups in total. The second-order valence-corrected chi connectivity index (χ2v) is 22.5. The molecular formula is C15H36O5Si3. The average molecular weight is 381 g/mol. The van der Waals surface area contributed by atoms with Crippen LogP contribution < -0.4 is 0 Å². The zero-order valence-electron chi connectivity index (χ0n) is 16.6. The van der Waals surface area contributed by atoms with Crippen LogP contribution in [0.2, 0.25) is 58.9 Å². The number of hydrogen-bond acceptors (Lipinski definition) is 5. The van der Waals surface area contributed by atoms with Gasteiger partial charge in [0.05, 0.1) is 12.7 Å². The van der Waals surface area contributed by atoms with Crippen molar-refractivity contribution in [3.63, 3.8) is 0 Å². The quantitative estimate of drug-likeness (QED) is 0.631. The summed E-state index contributed by atoms with van der Waals surface area (Å²) < 4.78 is 30.8. The van der Waals surface area contributed by atoms with Crippen molar-refractivity contribution in [2.24, 2.45) is 0 Å². The van der Waals surface area contributed by atoms with Crippen molar-refractivity contribution in [3.05, 3.63) is 0 Å². The molecule has 0 spiro atoms. The predicted octanol–water partition coefficient (Wildman–Crippen LogP) is 3.65. The average Bonchev–Trinajstić information content (AvgIpc) is 2.27. The van der Waals surface area contributed by atoms with Gasteiger partial charge >= 0.3 is 0 Å². The monoisotopic (exact) mass is 380 g/mol. The summed E-state index contributed by atoms with van der Waals surface area (Å²) in [5.41, 5.74) is 0. The summed E-state index contributed by atoms with van der Waals surface area (Å²) in [4.78, 5) is 0. The van der Waals surface area contributed by atoms with Gasteiger partial charge in [-0.1, -0.05) is 0 Å². The normalized spacial score (nSPS) is 30.5. The smallest absolute Gasteiger partial charge is 0.187 e. The van der Waals surface area contributed by atoms with Crippen molar-refractivity contribution >= 4 is 25.0 Å². The van der Waals surface area contributed by atoms with Crippen molar-refractivity contribution in [1.29, 1.82) is 0 Å². The Balaban J connectivity index is 3.00. The molecule has 0 aromatic carbocycles. The van der Waals surface area contributed by atoms with E-state index in [0.29, 0.717) is 6.61 Å². The van der Waals surface area contributed by atoms with E-state index in [2.05, 4.69) is 58.9 Å². The molecule has 0 aromatic heterocycles. The van der Waals surface area contributed by atoms with E-state index in [0.717, 1.165) is 0 Å². The lowest BCUT2D eigenvalue weighted by atomic mass is 10.1. The van der Waals surface area contributed by atoms with Crippen LogP contribution in [0.1, 0.15) is 0 Å². The van der Waals surface area contributed by atoms with Crippen molar-refractivity contribution in [2.45, 2.75) is 83.5 Å².